The maximum atomic E-state index is 5.86. The number of hydrogen-bond acceptors (Lipinski definition) is 4. The first-order valence-corrected chi connectivity index (χ1v) is 7.69. The molecule has 0 rings (SSSR count). The average molecular weight is 235 g/mol. The Bertz CT molecular complexity index is 150. The van der Waals surface area contributed by atoms with Gasteiger partial charge in [-0.1, -0.05) is 0 Å². The Morgan fingerprint density at radius 2 is 1.67 bits per heavy atom. The molecule has 0 aliphatic carbocycles. The Kier molecular flexibility index (Phi) is 8.27. The van der Waals surface area contributed by atoms with Crippen LogP contribution in [0.5, 0.6) is 0 Å². The van der Waals surface area contributed by atoms with Crippen LogP contribution in [0.4, 0.5) is 0 Å². The van der Waals surface area contributed by atoms with Crippen molar-refractivity contribution in [1.29, 1.82) is 0 Å². The molecule has 5 heteroatoms. The Morgan fingerprint density at radius 1 is 1.13 bits per heavy atom. The highest BCUT2D eigenvalue weighted by Crippen LogP contribution is 2.19. The molecule has 0 unspecified atom stereocenters. The van der Waals surface area contributed by atoms with Crippen LogP contribution in [-0.2, 0) is 13.3 Å². The van der Waals surface area contributed by atoms with Crippen LogP contribution in [0, 0.1) is 0 Å². The van der Waals surface area contributed by atoms with Gasteiger partial charge in [-0.3, -0.25) is 0 Å². The highest BCUT2D eigenvalue weighted by Gasteiger charge is 2.40. The molecule has 2 N–H and O–H groups in total. The van der Waals surface area contributed by atoms with Crippen LogP contribution in [0.3, 0.4) is 0 Å². The largest absolute Gasteiger partial charge is 0.501 e. The maximum Gasteiger partial charge on any atom is 0.501 e. The minimum Gasteiger partial charge on any atom is -0.374 e. The molecule has 0 aromatic heterocycles. The second-order valence-electron chi connectivity index (χ2n) is 3.61. The normalized spacial score (nSPS) is 12.4. The van der Waals surface area contributed by atoms with Gasteiger partial charge in [0.15, 0.2) is 0 Å². The predicted octanol–water partition coefficient (Wildman–Crippen LogP) is 1.77. The van der Waals surface area contributed by atoms with Gasteiger partial charge in [-0.05, 0) is 40.7 Å². The third-order valence-corrected chi connectivity index (χ3v) is 5.08. The summed E-state index contributed by atoms with van der Waals surface area (Å²) in [4.78, 5) is 0. The third kappa shape index (κ3) is 6.27. The van der Waals surface area contributed by atoms with Gasteiger partial charge in [-0.2, -0.15) is 0 Å². The quantitative estimate of drug-likeness (QED) is 0.619. The summed E-state index contributed by atoms with van der Waals surface area (Å²) < 4.78 is 17.3. The van der Waals surface area contributed by atoms with Gasteiger partial charge >= 0.3 is 8.80 Å². The molecular weight excluding hydrogens is 210 g/mol. The third-order valence-electron chi connectivity index (χ3n) is 1.83. The molecule has 0 aromatic carbocycles. The summed E-state index contributed by atoms with van der Waals surface area (Å²) in [6, 6.07) is 0.809. The van der Waals surface area contributed by atoms with E-state index in [0.29, 0.717) is 19.8 Å². The van der Waals surface area contributed by atoms with Crippen LogP contribution in [0.1, 0.15) is 34.1 Å². The summed E-state index contributed by atoms with van der Waals surface area (Å²) >= 11 is 0. The van der Waals surface area contributed by atoms with Gasteiger partial charge in [-0.15, -0.1) is 0 Å². The minimum absolute atomic E-state index is 0.132. The highest BCUT2D eigenvalue weighted by atomic mass is 28.4. The monoisotopic (exact) mass is 235 g/mol. The SMILES string of the molecule is CCO[Si](CCCN)(OCC)OC(C)C. The lowest BCUT2D eigenvalue weighted by atomic mass is 10.5. The second kappa shape index (κ2) is 8.24. The van der Waals surface area contributed by atoms with E-state index < -0.39 is 8.80 Å². The van der Waals surface area contributed by atoms with Crippen LogP contribution in [0.15, 0.2) is 0 Å². The van der Waals surface area contributed by atoms with Crippen molar-refractivity contribution in [1.82, 2.24) is 0 Å². The summed E-state index contributed by atoms with van der Waals surface area (Å²) in [5.74, 6) is 0. The summed E-state index contributed by atoms with van der Waals surface area (Å²) in [6.07, 6.45) is 1.02. The number of nitrogens with two attached hydrogens (primary N) is 1. The Labute approximate surface area is 94.5 Å². The fourth-order valence-corrected chi connectivity index (χ4v) is 4.29. The summed E-state index contributed by atoms with van der Waals surface area (Å²) in [5, 5.41) is 0. The van der Waals surface area contributed by atoms with E-state index in [4.69, 9.17) is 19.0 Å². The first kappa shape index (κ1) is 15.1. The Balaban J connectivity index is 4.40. The molecule has 4 nitrogen and oxygen atoms in total. The zero-order valence-corrected chi connectivity index (χ0v) is 11.4. The van der Waals surface area contributed by atoms with Crippen LogP contribution in [0.25, 0.3) is 0 Å². The molecule has 0 heterocycles. The van der Waals surface area contributed by atoms with Crippen molar-refractivity contribution in [3.63, 3.8) is 0 Å². The van der Waals surface area contributed by atoms with Gasteiger partial charge in [0.1, 0.15) is 0 Å². The van der Waals surface area contributed by atoms with E-state index in [1.807, 2.05) is 27.7 Å². The molecule has 0 spiro atoms. The molecule has 0 aliphatic rings. The lowest BCUT2D eigenvalue weighted by molar-refractivity contribution is 0.0440. The molecular formula is C10H25NO3Si. The molecule has 0 atom stereocenters. The first-order valence-electron chi connectivity index (χ1n) is 5.76. The molecule has 0 amide bonds. The predicted molar refractivity (Wildman–Crippen MR) is 63.7 cm³/mol. The summed E-state index contributed by atoms with van der Waals surface area (Å²) in [5.41, 5.74) is 5.51. The van der Waals surface area contributed by atoms with E-state index in [0.717, 1.165) is 12.5 Å². The van der Waals surface area contributed by atoms with Gasteiger partial charge in [0.05, 0.1) is 0 Å². The average Bonchev–Trinajstić information content (AvgIpc) is 2.14. The zero-order valence-electron chi connectivity index (χ0n) is 10.4. The highest BCUT2D eigenvalue weighted by molar-refractivity contribution is 6.60. The van der Waals surface area contributed by atoms with Crippen molar-refractivity contribution >= 4 is 8.80 Å². The molecule has 0 radical (unpaired) electrons. The minimum atomic E-state index is -2.46. The van der Waals surface area contributed by atoms with E-state index in [-0.39, 0.29) is 6.10 Å². The number of hydrogen-bond donors (Lipinski definition) is 1. The van der Waals surface area contributed by atoms with Gasteiger partial charge < -0.3 is 19.0 Å². The van der Waals surface area contributed by atoms with Crippen LogP contribution in [-0.4, -0.2) is 34.7 Å². The van der Waals surface area contributed by atoms with Crippen LogP contribution in [0.2, 0.25) is 6.04 Å². The fourth-order valence-electron chi connectivity index (χ4n) is 1.43. The van der Waals surface area contributed by atoms with Crippen LogP contribution >= 0.6 is 0 Å². The molecule has 0 aromatic rings. The standard InChI is InChI=1S/C10H25NO3Si/c1-5-12-15(13-6-2,9-7-8-11)14-10(3)4/h10H,5-9,11H2,1-4H3. The van der Waals surface area contributed by atoms with E-state index in [1.165, 1.54) is 0 Å². The van der Waals surface area contributed by atoms with Gasteiger partial charge in [0.25, 0.3) is 0 Å². The molecule has 0 fully saturated rings. The summed E-state index contributed by atoms with van der Waals surface area (Å²) in [7, 11) is -2.46. The van der Waals surface area contributed by atoms with Crippen molar-refractivity contribution in [2.45, 2.75) is 46.3 Å². The van der Waals surface area contributed by atoms with Gasteiger partial charge in [0.2, 0.25) is 0 Å². The van der Waals surface area contributed by atoms with Crippen molar-refractivity contribution < 1.29 is 13.3 Å². The van der Waals surface area contributed by atoms with E-state index in [9.17, 15) is 0 Å². The molecule has 0 saturated carbocycles. The van der Waals surface area contributed by atoms with Crippen molar-refractivity contribution in [2.24, 2.45) is 5.73 Å². The smallest absolute Gasteiger partial charge is 0.374 e. The van der Waals surface area contributed by atoms with E-state index >= 15 is 0 Å². The topological polar surface area (TPSA) is 53.7 Å². The van der Waals surface area contributed by atoms with Crippen molar-refractivity contribution in [3.05, 3.63) is 0 Å². The lowest BCUT2D eigenvalue weighted by Crippen LogP contribution is -2.47. The van der Waals surface area contributed by atoms with Gasteiger partial charge in [-0.25, -0.2) is 0 Å². The van der Waals surface area contributed by atoms with Crippen molar-refractivity contribution in [2.75, 3.05) is 19.8 Å². The molecule has 92 valence electrons. The molecule has 15 heavy (non-hydrogen) atoms. The second-order valence-corrected chi connectivity index (χ2v) is 6.29. The zero-order chi connectivity index (χ0) is 11.7. The van der Waals surface area contributed by atoms with Gasteiger partial charge in [0, 0.05) is 25.4 Å². The summed E-state index contributed by atoms with van der Waals surface area (Å²) in [6.45, 7) is 9.84. The molecule has 0 bridgehead atoms. The molecule has 0 aliphatic heterocycles. The first-order chi connectivity index (χ1) is 7.10. The van der Waals surface area contributed by atoms with Crippen molar-refractivity contribution in [3.8, 4) is 0 Å². The molecule has 0 saturated heterocycles. The van der Waals surface area contributed by atoms with Crippen LogP contribution < -0.4 is 5.73 Å². The Hall–Kier alpha value is 0.0569. The fraction of sp³-hybridized carbons (Fsp3) is 1.00. The van der Waals surface area contributed by atoms with E-state index in [1.54, 1.807) is 0 Å². The maximum absolute atomic E-state index is 5.86. The Morgan fingerprint density at radius 3 is 2.00 bits per heavy atom. The lowest BCUT2D eigenvalue weighted by Gasteiger charge is -2.30. The van der Waals surface area contributed by atoms with E-state index in [2.05, 4.69) is 0 Å². The number of rotatable bonds is 9.